The Morgan fingerprint density at radius 2 is 1.79 bits per heavy atom. The average Bonchev–Trinajstić information content (AvgIpc) is 2.86. The second kappa shape index (κ2) is 5.70. The third-order valence-corrected chi connectivity index (χ3v) is 4.74. The van der Waals surface area contributed by atoms with Gasteiger partial charge in [0.1, 0.15) is 0 Å². The lowest BCUT2D eigenvalue weighted by molar-refractivity contribution is 0.0671. The van der Waals surface area contributed by atoms with Crippen molar-refractivity contribution in [2.24, 2.45) is 0 Å². The average molecular weight is 281 g/mol. The summed E-state index contributed by atoms with van der Waals surface area (Å²) in [6.07, 6.45) is 3.16. The van der Waals surface area contributed by atoms with Gasteiger partial charge in [-0.3, -0.25) is 4.90 Å². The molecule has 0 radical (unpaired) electrons. The lowest BCUT2D eigenvalue weighted by atomic mass is 10.1. The fourth-order valence-corrected chi connectivity index (χ4v) is 3.60. The molecule has 2 atom stereocenters. The van der Waals surface area contributed by atoms with Crippen LogP contribution in [0.25, 0.3) is 0 Å². The highest BCUT2D eigenvalue weighted by atomic mass is 35.5. The smallest absolute Gasteiger partial charge is 0.0695 e. The number of hydrogen-bond acceptors (Lipinski definition) is 3. The summed E-state index contributed by atoms with van der Waals surface area (Å²) in [6.45, 7) is 4.03. The summed E-state index contributed by atoms with van der Waals surface area (Å²) >= 11 is 6.25. The second-order valence-electron chi connectivity index (χ2n) is 5.54. The highest BCUT2D eigenvalue weighted by Crippen LogP contribution is 2.29. The normalized spacial score (nSPS) is 28.8. The zero-order valence-electron chi connectivity index (χ0n) is 11.1. The van der Waals surface area contributed by atoms with E-state index in [-0.39, 0.29) is 6.10 Å². The van der Waals surface area contributed by atoms with E-state index >= 15 is 0 Å². The number of rotatable bonds is 2. The van der Waals surface area contributed by atoms with Crippen LogP contribution in [0.3, 0.4) is 0 Å². The van der Waals surface area contributed by atoms with E-state index in [0.717, 1.165) is 56.2 Å². The maximum atomic E-state index is 9.99. The van der Waals surface area contributed by atoms with Crippen molar-refractivity contribution in [2.45, 2.75) is 31.4 Å². The van der Waals surface area contributed by atoms with E-state index in [2.05, 4.69) is 15.9 Å². The summed E-state index contributed by atoms with van der Waals surface area (Å²) in [5.74, 6) is 0. The van der Waals surface area contributed by atoms with Crippen LogP contribution in [0.2, 0.25) is 5.02 Å². The lowest BCUT2D eigenvalue weighted by Crippen LogP contribution is -2.52. The SMILES string of the molecule is O[C@H]1CCC[C@@H]1N1CCN(c2ccccc2Cl)CC1. The largest absolute Gasteiger partial charge is 0.391 e. The first kappa shape index (κ1) is 13.2. The first-order chi connectivity index (χ1) is 9.25. The minimum atomic E-state index is -0.119. The fourth-order valence-electron chi connectivity index (χ4n) is 3.35. The van der Waals surface area contributed by atoms with Crippen LogP contribution in [0.4, 0.5) is 5.69 Å². The molecule has 1 aliphatic carbocycles. The van der Waals surface area contributed by atoms with Crippen LogP contribution in [0.1, 0.15) is 19.3 Å². The van der Waals surface area contributed by atoms with Crippen LogP contribution in [0.5, 0.6) is 0 Å². The standard InChI is InChI=1S/C15H21ClN2O/c16-12-4-1-2-5-13(12)17-8-10-18(11-9-17)14-6-3-7-15(14)19/h1-2,4-5,14-15,19H,3,6-11H2/t14-,15-/m0/s1. The molecule has 104 valence electrons. The number of anilines is 1. The molecule has 0 aromatic heterocycles. The Morgan fingerprint density at radius 1 is 1.05 bits per heavy atom. The summed E-state index contributed by atoms with van der Waals surface area (Å²) in [5, 5.41) is 10.8. The monoisotopic (exact) mass is 280 g/mol. The summed E-state index contributed by atoms with van der Waals surface area (Å²) in [4.78, 5) is 4.80. The lowest BCUT2D eigenvalue weighted by Gasteiger charge is -2.40. The minimum Gasteiger partial charge on any atom is -0.391 e. The molecule has 1 saturated heterocycles. The van der Waals surface area contributed by atoms with Crippen molar-refractivity contribution in [2.75, 3.05) is 31.1 Å². The van der Waals surface area contributed by atoms with Gasteiger partial charge in [0.25, 0.3) is 0 Å². The maximum absolute atomic E-state index is 9.99. The number of nitrogens with zero attached hydrogens (tertiary/aromatic N) is 2. The predicted molar refractivity (Wildman–Crippen MR) is 78.9 cm³/mol. The van der Waals surface area contributed by atoms with E-state index < -0.39 is 0 Å². The van der Waals surface area contributed by atoms with Crippen LogP contribution < -0.4 is 4.90 Å². The predicted octanol–water partition coefficient (Wildman–Crippen LogP) is 2.38. The van der Waals surface area contributed by atoms with Gasteiger partial charge in [-0.1, -0.05) is 23.7 Å². The van der Waals surface area contributed by atoms with Gasteiger partial charge in [-0.2, -0.15) is 0 Å². The molecule has 2 aliphatic rings. The van der Waals surface area contributed by atoms with Crippen molar-refractivity contribution in [3.8, 4) is 0 Å². The Labute approximate surface area is 119 Å². The van der Waals surface area contributed by atoms with Gasteiger partial charge in [0.15, 0.2) is 0 Å². The fraction of sp³-hybridized carbons (Fsp3) is 0.600. The zero-order chi connectivity index (χ0) is 13.2. The van der Waals surface area contributed by atoms with Gasteiger partial charge in [-0.25, -0.2) is 0 Å². The molecular weight excluding hydrogens is 260 g/mol. The molecule has 3 rings (SSSR count). The van der Waals surface area contributed by atoms with Crippen LogP contribution in [0, 0.1) is 0 Å². The van der Waals surface area contributed by atoms with Gasteiger partial charge >= 0.3 is 0 Å². The van der Waals surface area contributed by atoms with Gasteiger partial charge in [-0.05, 0) is 31.4 Å². The molecule has 4 heteroatoms. The van der Waals surface area contributed by atoms with Crippen LogP contribution >= 0.6 is 11.6 Å². The number of hydrogen-bond donors (Lipinski definition) is 1. The van der Waals surface area contributed by atoms with E-state index in [1.165, 1.54) is 0 Å². The molecule has 0 amide bonds. The van der Waals surface area contributed by atoms with Crippen molar-refractivity contribution in [1.82, 2.24) is 4.90 Å². The van der Waals surface area contributed by atoms with E-state index in [9.17, 15) is 5.11 Å². The summed E-state index contributed by atoms with van der Waals surface area (Å²) in [7, 11) is 0. The number of piperazine rings is 1. The number of para-hydroxylation sites is 1. The molecule has 1 N–H and O–H groups in total. The molecule has 1 saturated carbocycles. The Balaban J connectivity index is 1.62. The van der Waals surface area contributed by atoms with Crippen LogP contribution in [-0.2, 0) is 0 Å². The van der Waals surface area contributed by atoms with Crippen LogP contribution in [-0.4, -0.2) is 48.3 Å². The van der Waals surface area contributed by atoms with Crippen molar-refractivity contribution in [3.63, 3.8) is 0 Å². The summed E-state index contributed by atoms with van der Waals surface area (Å²) in [6, 6.07) is 8.42. The van der Waals surface area contributed by atoms with Gasteiger partial charge in [0.2, 0.25) is 0 Å². The van der Waals surface area contributed by atoms with Gasteiger partial charge in [0, 0.05) is 32.2 Å². The first-order valence-corrected chi connectivity index (χ1v) is 7.55. The van der Waals surface area contributed by atoms with E-state index in [4.69, 9.17) is 11.6 Å². The van der Waals surface area contributed by atoms with Crippen LogP contribution in [0.15, 0.2) is 24.3 Å². The molecule has 0 spiro atoms. The Morgan fingerprint density at radius 3 is 2.42 bits per heavy atom. The molecule has 19 heavy (non-hydrogen) atoms. The van der Waals surface area contributed by atoms with E-state index in [1.807, 2.05) is 18.2 Å². The number of aliphatic hydroxyl groups is 1. The molecule has 3 nitrogen and oxygen atoms in total. The van der Waals surface area contributed by atoms with Crippen molar-refractivity contribution in [1.29, 1.82) is 0 Å². The number of halogens is 1. The Bertz CT molecular complexity index is 432. The molecule has 0 bridgehead atoms. The molecule has 0 unspecified atom stereocenters. The highest BCUT2D eigenvalue weighted by Gasteiger charge is 2.32. The summed E-state index contributed by atoms with van der Waals surface area (Å²) < 4.78 is 0. The number of aliphatic hydroxyl groups excluding tert-OH is 1. The van der Waals surface area contributed by atoms with Gasteiger partial charge < -0.3 is 10.0 Å². The molecule has 2 fully saturated rings. The molecule has 1 aromatic carbocycles. The minimum absolute atomic E-state index is 0.119. The Hall–Kier alpha value is -0.770. The molecule has 1 heterocycles. The second-order valence-corrected chi connectivity index (χ2v) is 5.95. The third kappa shape index (κ3) is 2.73. The summed E-state index contributed by atoms with van der Waals surface area (Å²) in [5.41, 5.74) is 1.13. The van der Waals surface area contributed by atoms with Crippen molar-refractivity contribution >= 4 is 17.3 Å². The molecular formula is C15H21ClN2O. The topological polar surface area (TPSA) is 26.7 Å². The number of benzene rings is 1. The molecule has 1 aliphatic heterocycles. The van der Waals surface area contributed by atoms with Gasteiger partial charge in [0.05, 0.1) is 16.8 Å². The van der Waals surface area contributed by atoms with Gasteiger partial charge in [-0.15, -0.1) is 0 Å². The van der Waals surface area contributed by atoms with Crippen molar-refractivity contribution < 1.29 is 5.11 Å². The van der Waals surface area contributed by atoms with Crippen molar-refractivity contribution in [3.05, 3.63) is 29.3 Å². The first-order valence-electron chi connectivity index (χ1n) is 7.17. The highest BCUT2D eigenvalue weighted by molar-refractivity contribution is 6.33. The zero-order valence-corrected chi connectivity index (χ0v) is 11.9. The Kier molecular flexibility index (Phi) is 3.96. The van der Waals surface area contributed by atoms with E-state index in [0.29, 0.717) is 6.04 Å². The van der Waals surface area contributed by atoms with E-state index in [1.54, 1.807) is 0 Å². The third-order valence-electron chi connectivity index (χ3n) is 4.42. The maximum Gasteiger partial charge on any atom is 0.0695 e. The quantitative estimate of drug-likeness (QED) is 0.901. The molecule has 1 aromatic rings.